The molecular weight excluding hydrogens is 264 g/mol. The van der Waals surface area contributed by atoms with Gasteiger partial charge in [-0.1, -0.05) is 31.2 Å². The second-order valence-corrected chi connectivity index (χ2v) is 7.69. The number of rotatable bonds is 4. The molecule has 2 N–H and O–H groups in total. The summed E-state index contributed by atoms with van der Waals surface area (Å²) in [6.07, 6.45) is 2.71. The lowest BCUT2D eigenvalue weighted by Gasteiger charge is -2.43. The Hall–Kier alpha value is -0.510. The third-order valence-corrected chi connectivity index (χ3v) is 6.27. The van der Waals surface area contributed by atoms with Gasteiger partial charge in [0.1, 0.15) is 0 Å². The van der Waals surface area contributed by atoms with E-state index in [9.17, 15) is 0 Å². The fourth-order valence-corrected chi connectivity index (χ4v) is 4.54. The maximum absolute atomic E-state index is 6.18. The van der Waals surface area contributed by atoms with Crippen molar-refractivity contribution in [3.8, 4) is 0 Å². The predicted octanol–water partition coefficient (Wildman–Crippen LogP) is 3.39. The van der Waals surface area contributed by atoms with Gasteiger partial charge in [0.05, 0.1) is 0 Å². The van der Waals surface area contributed by atoms with Crippen LogP contribution in [0, 0.1) is 0 Å². The highest BCUT2D eigenvalue weighted by molar-refractivity contribution is 8.00. The molecule has 1 aliphatic carbocycles. The number of nitrogens with zero attached hydrogens (tertiary/aromatic N) is 1. The van der Waals surface area contributed by atoms with Crippen LogP contribution in [0.4, 0.5) is 0 Å². The Labute approximate surface area is 127 Å². The Morgan fingerprint density at radius 2 is 2.05 bits per heavy atom. The lowest BCUT2D eigenvalue weighted by molar-refractivity contribution is 0.150. The lowest BCUT2D eigenvalue weighted by Crippen LogP contribution is -2.48. The van der Waals surface area contributed by atoms with E-state index in [2.05, 4.69) is 54.8 Å². The van der Waals surface area contributed by atoms with E-state index in [4.69, 9.17) is 5.73 Å². The smallest absolute Gasteiger partial charge is 0.0476 e. The summed E-state index contributed by atoms with van der Waals surface area (Å²) < 4.78 is 0. The first kappa shape index (κ1) is 14.4. The molecule has 0 amide bonds. The number of benzene rings is 1. The number of hydrogen-bond donors (Lipinski definition) is 1. The fourth-order valence-electron chi connectivity index (χ4n) is 3.42. The number of hydrogen-bond acceptors (Lipinski definition) is 3. The van der Waals surface area contributed by atoms with Crippen LogP contribution in [0.1, 0.15) is 49.8 Å². The van der Waals surface area contributed by atoms with Crippen LogP contribution in [0.3, 0.4) is 0 Å². The van der Waals surface area contributed by atoms with Gasteiger partial charge >= 0.3 is 0 Å². The first-order valence-corrected chi connectivity index (χ1v) is 8.93. The summed E-state index contributed by atoms with van der Waals surface area (Å²) >= 11 is 2.09. The first-order valence-electron chi connectivity index (χ1n) is 7.88. The summed E-state index contributed by atoms with van der Waals surface area (Å²) in [6.45, 7) is 6.60. The van der Waals surface area contributed by atoms with Crippen LogP contribution >= 0.6 is 11.8 Å². The molecule has 0 radical (unpaired) electrons. The van der Waals surface area contributed by atoms with Crippen molar-refractivity contribution in [2.75, 3.05) is 18.8 Å². The molecule has 3 rings (SSSR count). The van der Waals surface area contributed by atoms with Crippen molar-refractivity contribution in [2.45, 2.75) is 49.9 Å². The normalized spacial score (nSPS) is 29.4. The lowest BCUT2D eigenvalue weighted by atomic mass is 9.94. The summed E-state index contributed by atoms with van der Waals surface area (Å²) in [4.78, 5) is 2.64. The molecule has 3 unspecified atom stereocenters. The minimum atomic E-state index is 0.394. The zero-order valence-corrected chi connectivity index (χ0v) is 13.4. The van der Waals surface area contributed by atoms with E-state index in [0.29, 0.717) is 17.3 Å². The average molecular weight is 290 g/mol. The first-order chi connectivity index (χ1) is 9.72. The molecule has 0 bridgehead atoms. The highest BCUT2D eigenvalue weighted by Gasteiger charge is 2.34. The molecule has 3 heteroatoms. The van der Waals surface area contributed by atoms with E-state index in [0.717, 1.165) is 19.0 Å². The van der Waals surface area contributed by atoms with Crippen molar-refractivity contribution in [1.82, 2.24) is 4.90 Å². The summed E-state index contributed by atoms with van der Waals surface area (Å²) in [6, 6.07) is 9.99. The van der Waals surface area contributed by atoms with E-state index < -0.39 is 0 Å². The number of thioether (sulfide) groups is 1. The molecule has 0 aromatic heterocycles. The Bertz CT molecular complexity index is 458. The van der Waals surface area contributed by atoms with Crippen molar-refractivity contribution in [3.05, 3.63) is 35.4 Å². The minimum absolute atomic E-state index is 0.394. The van der Waals surface area contributed by atoms with Gasteiger partial charge in [-0.05, 0) is 36.8 Å². The van der Waals surface area contributed by atoms with Crippen LogP contribution in [-0.2, 0) is 0 Å². The van der Waals surface area contributed by atoms with Crippen LogP contribution < -0.4 is 5.73 Å². The molecule has 3 atom stereocenters. The maximum Gasteiger partial charge on any atom is 0.0476 e. The predicted molar refractivity (Wildman–Crippen MR) is 88.3 cm³/mol. The zero-order valence-electron chi connectivity index (χ0n) is 12.6. The Balaban J connectivity index is 1.89. The molecule has 2 fully saturated rings. The molecule has 1 aliphatic heterocycles. The summed E-state index contributed by atoms with van der Waals surface area (Å²) in [5.41, 5.74) is 9.23. The second kappa shape index (κ2) is 6.08. The number of nitrogens with two attached hydrogens (primary N) is 1. The second-order valence-electron chi connectivity index (χ2n) is 6.21. The van der Waals surface area contributed by atoms with Crippen molar-refractivity contribution in [1.29, 1.82) is 0 Å². The highest BCUT2D eigenvalue weighted by atomic mass is 32.2. The average Bonchev–Trinajstić information content (AvgIpc) is 3.29. The topological polar surface area (TPSA) is 29.3 Å². The maximum atomic E-state index is 6.18. The van der Waals surface area contributed by atoms with Gasteiger partial charge in [0.2, 0.25) is 0 Å². The molecule has 110 valence electrons. The van der Waals surface area contributed by atoms with Crippen LogP contribution in [-0.4, -0.2) is 35.0 Å². The van der Waals surface area contributed by atoms with Gasteiger partial charge in [-0.2, -0.15) is 11.8 Å². The zero-order chi connectivity index (χ0) is 14.1. The minimum Gasteiger partial charge on any atom is -0.329 e. The van der Waals surface area contributed by atoms with Gasteiger partial charge in [-0.3, -0.25) is 4.90 Å². The molecular formula is C17H26N2S. The van der Waals surface area contributed by atoms with Gasteiger partial charge in [-0.15, -0.1) is 0 Å². The Morgan fingerprint density at radius 1 is 1.30 bits per heavy atom. The standard InChI is InChI=1S/C17H26N2S/c1-12-13(2)20-10-9-19(12)17(11-18)16-6-4-3-5-15(16)14-7-8-14/h3-6,12-14,17H,7-11,18H2,1-2H3. The summed E-state index contributed by atoms with van der Waals surface area (Å²) in [5, 5.41) is 0.700. The molecule has 1 aromatic rings. The van der Waals surface area contributed by atoms with Crippen LogP contribution in [0.25, 0.3) is 0 Å². The molecule has 20 heavy (non-hydrogen) atoms. The van der Waals surface area contributed by atoms with Gasteiger partial charge in [0.15, 0.2) is 0 Å². The van der Waals surface area contributed by atoms with E-state index in [-0.39, 0.29) is 0 Å². The largest absolute Gasteiger partial charge is 0.329 e. The molecule has 1 saturated carbocycles. The molecule has 1 aromatic carbocycles. The van der Waals surface area contributed by atoms with Gasteiger partial charge < -0.3 is 5.73 Å². The molecule has 0 spiro atoms. The SMILES string of the molecule is CC1SCCN(C(CN)c2ccccc2C2CC2)C1C. The third kappa shape index (κ3) is 2.76. The van der Waals surface area contributed by atoms with E-state index in [1.54, 1.807) is 5.56 Å². The van der Waals surface area contributed by atoms with E-state index in [1.165, 1.54) is 24.2 Å². The third-order valence-electron chi connectivity index (χ3n) is 4.93. The van der Waals surface area contributed by atoms with Gasteiger partial charge in [0, 0.05) is 36.2 Å². The van der Waals surface area contributed by atoms with Crippen molar-refractivity contribution in [3.63, 3.8) is 0 Å². The molecule has 2 nitrogen and oxygen atoms in total. The van der Waals surface area contributed by atoms with Crippen molar-refractivity contribution in [2.24, 2.45) is 5.73 Å². The summed E-state index contributed by atoms with van der Waals surface area (Å²) in [5.74, 6) is 2.03. The van der Waals surface area contributed by atoms with Crippen LogP contribution in [0.2, 0.25) is 0 Å². The van der Waals surface area contributed by atoms with Crippen LogP contribution in [0.15, 0.2) is 24.3 Å². The highest BCUT2D eigenvalue weighted by Crippen LogP contribution is 2.44. The van der Waals surface area contributed by atoms with Crippen molar-refractivity contribution < 1.29 is 0 Å². The molecule has 1 saturated heterocycles. The molecule has 1 heterocycles. The van der Waals surface area contributed by atoms with E-state index in [1.807, 2.05) is 0 Å². The van der Waals surface area contributed by atoms with Gasteiger partial charge in [0.25, 0.3) is 0 Å². The Kier molecular flexibility index (Phi) is 4.39. The van der Waals surface area contributed by atoms with Crippen molar-refractivity contribution >= 4 is 11.8 Å². The van der Waals surface area contributed by atoms with E-state index >= 15 is 0 Å². The quantitative estimate of drug-likeness (QED) is 0.921. The van der Waals surface area contributed by atoms with Crippen LogP contribution in [0.5, 0.6) is 0 Å². The summed E-state index contributed by atoms with van der Waals surface area (Å²) in [7, 11) is 0. The Morgan fingerprint density at radius 3 is 2.75 bits per heavy atom. The fraction of sp³-hybridized carbons (Fsp3) is 0.647. The molecule has 2 aliphatic rings. The monoisotopic (exact) mass is 290 g/mol. The van der Waals surface area contributed by atoms with Gasteiger partial charge in [-0.25, -0.2) is 0 Å².